The summed E-state index contributed by atoms with van der Waals surface area (Å²) >= 11 is 0. The van der Waals surface area contributed by atoms with Crippen molar-refractivity contribution < 1.29 is 9.47 Å². The third kappa shape index (κ3) is 3.73. The number of nitrogens with one attached hydrogen (secondary N) is 1. The predicted molar refractivity (Wildman–Crippen MR) is 89.0 cm³/mol. The molecule has 1 N–H and O–H groups in total. The zero-order valence-electron chi connectivity index (χ0n) is 13.8. The number of methoxy groups -OCH3 is 1. The number of piperidine rings is 2. The highest BCUT2D eigenvalue weighted by Gasteiger charge is 2.21. The molecule has 0 radical (unpaired) electrons. The Hall–Kier alpha value is -1.26. The van der Waals surface area contributed by atoms with Gasteiger partial charge >= 0.3 is 0 Å². The molecule has 0 aromatic heterocycles. The number of rotatable bonds is 4. The van der Waals surface area contributed by atoms with Crippen LogP contribution in [-0.2, 0) is 0 Å². The van der Waals surface area contributed by atoms with E-state index in [0.29, 0.717) is 5.92 Å². The van der Waals surface area contributed by atoms with Crippen LogP contribution in [0.5, 0.6) is 11.5 Å². The van der Waals surface area contributed by atoms with Crippen LogP contribution in [0.1, 0.15) is 37.2 Å². The van der Waals surface area contributed by atoms with E-state index in [1.165, 1.54) is 31.4 Å². The zero-order chi connectivity index (χ0) is 15.4. The summed E-state index contributed by atoms with van der Waals surface area (Å²) in [6.07, 6.45) is 5.11. The molecule has 2 heterocycles. The number of likely N-dealkylation sites (N-methyl/N-ethyl adjacent to an activating group) is 1. The summed E-state index contributed by atoms with van der Waals surface area (Å²) in [5.74, 6) is 2.35. The van der Waals surface area contributed by atoms with E-state index in [0.717, 1.165) is 37.6 Å². The monoisotopic (exact) mass is 304 g/mol. The first kappa shape index (κ1) is 15.6. The van der Waals surface area contributed by atoms with Crippen LogP contribution in [0.3, 0.4) is 0 Å². The van der Waals surface area contributed by atoms with E-state index in [1.807, 2.05) is 0 Å². The van der Waals surface area contributed by atoms with Crippen molar-refractivity contribution in [3.05, 3.63) is 23.8 Å². The normalized spacial score (nSPS) is 26.6. The van der Waals surface area contributed by atoms with Crippen LogP contribution in [0, 0.1) is 0 Å². The molecule has 0 aliphatic carbocycles. The molecular weight excluding hydrogens is 276 g/mol. The van der Waals surface area contributed by atoms with E-state index in [1.54, 1.807) is 7.11 Å². The summed E-state index contributed by atoms with van der Waals surface area (Å²) in [6.45, 7) is 4.38. The third-order valence-corrected chi connectivity index (χ3v) is 4.83. The standard InChI is InChI=1S/C18H28N2O2/c1-20-10-4-6-16(13-20)22-17-8-7-14(11-18(17)21-2)15-5-3-9-19-12-15/h7-8,11,15-16,19H,3-6,9-10,12-13H2,1-2H3. The van der Waals surface area contributed by atoms with E-state index in [2.05, 4.69) is 35.5 Å². The average Bonchev–Trinajstić information content (AvgIpc) is 2.56. The number of ether oxygens (including phenoxy) is 2. The lowest BCUT2D eigenvalue weighted by atomic mass is 9.91. The van der Waals surface area contributed by atoms with Gasteiger partial charge in [0.25, 0.3) is 0 Å². The highest BCUT2D eigenvalue weighted by molar-refractivity contribution is 5.44. The first-order valence-corrected chi connectivity index (χ1v) is 8.50. The summed E-state index contributed by atoms with van der Waals surface area (Å²) in [5, 5.41) is 3.48. The van der Waals surface area contributed by atoms with Crippen LogP contribution in [0.2, 0.25) is 0 Å². The lowest BCUT2D eigenvalue weighted by Crippen LogP contribution is -2.38. The lowest BCUT2D eigenvalue weighted by molar-refractivity contribution is 0.101. The van der Waals surface area contributed by atoms with Crippen LogP contribution in [0.15, 0.2) is 18.2 Å². The second kappa shape index (κ2) is 7.34. The molecule has 0 bridgehead atoms. The van der Waals surface area contributed by atoms with Gasteiger partial charge in [-0.1, -0.05) is 6.07 Å². The Morgan fingerprint density at radius 3 is 2.82 bits per heavy atom. The molecule has 4 nitrogen and oxygen atoms in total. The topological polar surface area (TPSA) is 33.7 Å². The van der Waals surface area contributed by atoms with E-state index in [-0.39, 0.29) is 6.10 Å². The minimum Gasteiger partial charge on any atom is -0.493 e. The Morgan fingerprint density at radius 2 is 2.09 bits per heavy atom. The van der Waals surface area contributed by atoms with Gasteiger partial charge in [0.05, 0.1) is 7.11 Å². The van der Waals surface area contributed by atoms with Crippen molar-refractivity contribution in [1.29, 1.82) is 0 Å². The summed E-state index contributed by atoms with van der Waals surface area (Å²) in [6, 6.07) is 6.47. The molecule has 0 amide bonds. The fourth-order valence-electron chi connectivity index (χ4n) is 3.57. The van der Waals surface area contributed by atoms with Crippen molar-refractivity contribution in [3.63, 3.8) is 0 Å². The number of hydrogen-bond donors (Lipinski definition) is 1. The minimum atomic E-state index is 0.273. The fourth-order valence-corrected chi connectivity index (χ4v) is 3.57. The molecule has 22 heavy (non-hydrogen) atoms. The number of benzene rings is 1. The van der Waals surface area contributed by atoms with E-state index in [4.69, 9.17) is 9.47 Å². The first-order valence-electron chi connectivity index (χ1n) is 8.50. The summed E-state index contributed by atoms with van der Waals surface area (Å²) in [4.78, 5) is 2.34. The molecule has 3 rings (SSSR count). The van der Waals surface area contributed by atoms with Crippen molar-refractivity contribution in [2.45, 2.75) is 37.7 Å². The van der Waals surface area contributed by atoms with Gasteiger partial charge in [-0.15, -0.1) is 0 Å². The lowest BCUT2D eigenvalue weighted by Gasteiger charge is -2.30. The SMILES string of the molecule is COc1cc(C2CCCNC2)ccc1OC1CCCN(C)C1. The summed E-state index contributed by atoms with van der Waals surface area (Å²) in [5.41, 5.74) is 1.36. The third-order valence-electron chi connectivity index (χ3n) is 4.83. The molecular formula is C18H28N2O2. The van der Waals surface area contributed by atoms with Crippen LogP contribution in [0.25, 0.3) is 0 Å². The molecule has 1 aromatic carbocycles. The number of nitrogens with zero attached hydrogens (tertiary/aromatic N) is 1. The maximum absolute atomic E-state index is 6.21. The second-order valence-electron chi connectivity index (χ2n) is 6.60. The molecule has 2 saturated heterocycles. The van der Waals surface area contributed by atoms with E-state index >= 15 is 0 Å². The van der Waals surface area contributed by atoms with Crippen LogP contribution in [0.4, 0.5) is 0 Å². The molecule has 2 atom stereocenters. The molecule has 0 spiro atoms. The first-order chi connectivity index (χ1) is 10.8. The van der Waals surface area contributed by atoms with Gasteiger partial charge in [0.15, 0.2) is 11.5 Å². The maximum atomic E-state index is 6.21. The Bertz CT molecular complexity index is 486. The molecule has 0 saturated carbocycles. The molecule has 2 fully saturated rings. The number of hydrogen-bond acceptors (Lipinski definition) is 4. The minimum absolute atomic E-state index is 0.273. The highest BCUT2D eigenvalue weighted by Crippen LogP contribution is 2.34. The Kier molecular flexibility index (Phi) is 5.21. The Labute approximate surface area is 133 Å². The molecule has 2 aliphatic rings. The van der Waals surface area contributed by atoms with Crippen molar-refractivity contribution in [2.75, 3.05) is 40.3 Å². The van der Waals surface area contributed by atoms with E-state index < -0.39 is 0 Å². The maximum Gasteiger partial charge on any atom is 0.161 e. The largest absolute Gasteiger partial charge is 0.493 e. The summed E-state index contributed by atoms with van der Waals surface area (Å²) in [7, 11) is 3.89. The highest BCUT2D eigenvalue weighted by atomic mass is 16.5. The Morgan fingerprint density at radius 1 is 1.18 bits per heavy atom. The fraction of sp³-hybridized carbons (Fsp3) is 0.667. The molecule has 1 aromatic rings. The van der Waals surface area contributed by atoms with Crippen LogP contribution >= 0.6 is 0 Å². The summed E-state index contributed by atoms with van der Waals surface area (Å²) < 4.78 is 11.8. The van der Waals surface area contributed by atoms with Gasteiger partial charge < -0.3 is 19.7 Å². The van der Waals surface area contributed by atoms with Crippen molar-refractivity contribution in [3.8, 4) is 11.5 Å². The zero-order valence-corrected chi connectivity index (χ0v) is 13.8. The molecule has 122 valence electrons. The van der Waals surface area contributed by atoms with Gasteiger partial charge in [0, 0.05) is 13.1 Å². The smallest absolute Gasteiger partial charge is 0.161 e. The van der Waals surface area contributed by atoms with Crippen molar-refractivity contribution in [1.82, 2.24) is 10.2 Å². The van der Waals surface area contributed by atoms with Crippen LogP contribution < -0.4 is 14.8 Å². The predicted octanol–water partition coefficient (Wildman–Crippen LogP) is 2.64. The van der Waals surface area contributed by atoms with Crippen molar-refractivity contribution in [2.24, 2.45) is 0 Å². The second-order valence-corrected chi connectivity index (χ2v) is 6.60. The Balaban J connectivity index is 1.71. The number of likely N-dealkylation sites (tertiary alicyclic amines) is 1. The van der Waals surface area contributed by atoms with Gasteiger partial charge in [-0.3, -0.25) is 0 Å². The molecule has 2 aliphatic heterocycles. The quantitative estimate of drug-likeness (QED) is 0.927. The molecule has 2 unspecified atom stereocenters. The van der Waals surface area contributed by atoms with Gasteiger partial charge in [0.1, 0.15) is 6.10 Å². The average molecular weight is 304 g/mol. The van der Waals surface area contributed by atoms with E-state index in [9.17, 15) is 0 Å². The van der Waals surface area contributed by atoms with Gasteiger partial charge in [-0.2, -0.15) is 0 Å². The van der Waals surface area contributed by atoms with Gasteiger partial charge in [0.2, 0.25) is 0 Å². The van der Waals surface area contributed by atoms with Gasteiger partial charge in [-0.25, -0.2) is 0 Å². The van der Waals surface area contributed by atoms with Crippen molar-refractivity contribution >= 4 is 0 Å². The van der Waals surface area contributed by atoms with Crippen LogP contribution in [-0.4, -0.2) is 51.3 Å². The van der Waals surface area contributed by atoms with Gasteiger partial charge in [-0.05, 0) is 69.4 Å². The molecule has 4 heteroatoms.